The first-order valence-electron chi connectivity index (χ1n) is 11.4. The number of rotatable bonds is 10. The van der Waals surface area contributed by atoms with Crippen LogP contribution in [0.25, 0.3) is 12.7 Å². The minimum atomic E-state index is -0.415. The van der Waals surface area contributed by atoms with Gasteiger partial charge in [0.15, 0.2) is 0 Å². The van der Waals surface area contributed by atoms with E-state index in [1.807, 2.05) is 0 Å². The maximum Gasteiger partial charge on any atom is 0.272 e. The summed E-state index contributed by atoms with van der Waals surface area (Å²) in [7, 11) is 0. The van der Waals surface area contributed by atoms with E-state index in [1.54, 1.807) is 6.08 Å². The fraction of sp³-hybridized carbons (Fsp3) is 0.609. The van der Waals surface area contributed by atoms with E-state index in [0.717, 1.165) is 63.6 Å². The van der Waals surface area contributed by atoms with Crippen molar-refractivity contribution in [1.29, 1.82) is 0 Å². The number of ether oxygens (including phenoxy) is 2. The van der Waals surface area contributed by atoms with Gasteiger partial charge in [0.25, 0.3) is 11.1 Å². The molecule has 1 saturated heterocycles. The Kier molecular flexibility index (Phi) is 8.60. The third-order valence-electron chi connectivity index (χ3n) is 5.46. The third kappa shape index (κ3) is 6.51. The molecule has 0 radical (unpaired) electrons. The number of morpholine rings is 1. The van der Waals surface area contributed by atoms with E-state index in [-0.39, 0.29) is 22.7 Å². The van der Waals surface area contributed by atoms with Crippen LogP contribution in [0.1, 0.15) is 56.7 Å². The molecule has 1 aliphatic heterocycles. The number of nitrogens with one attached hydrogen (secondary N) is 3. The summed E-state index contributed by atoms with van der Waals surface area (Å²) in [6.07, 6.45) is 4.53. The van der Waals surface area contributed by atoms with Crippen molar-refractivity contribution < 1.29 is 9.47 Å². The Hall–Kier alpha value is -2.49. The van der Waals surface area contributed by atoms with Gasteiger partial charge in [0.2, 0.25) is 0 Å². The molecule has 9 nitrogen and oxygen atoms in total. The summed E-state index contributed by atoms with van der Waals surface area (Å²) in [5.74, 6) is 1.08. The molecule has 32 heavy (non-hydrogen) atoms. The Bertz CT molecular complexity index is 1100. The second kappa shape index (κ2) is 11.4. The maximum absolute atomic E-state index is 12.2. The first kappa shape index (κ1) is 24.2. The Morgan fingerprint density at radius 2 is 2.09 bits per heavy atom. The van der Waals surface area contributed by atoms with E-state index in [9.17, 15) is 9.59 Å². The molecule has 0 amide bonds. The summed E-state index contributed by atoms with van der Waals surface area (Å²) in [4.78, 5) is 39.6. The van der Waals surface area contributed by atoms with Crippen LogP contribution >= 0.6 is 0 Å². The normalized spacial score (nSPS) is 18.0. The number of imidazole rings is 1. The number of hydrogen-bond donors (Lipinski definition) is 3. The van der Waals surface area contributed by atoms with Crippen LogP contribution in [0, 0.1) is 0 Å². The van der Waals surface area contributed by atoms with Crippen LogP contribution in [-0.2, 0) is 15.9 Å². The summed E-state index contributed by atoms with van der Waals surface area (Å²) < 4.78 is 11.4. The number of hydrogen-bond acceptors (Lipinski definition) is 6. The van der Waals surface area contributed by atoms with Crippen LogP contribution in [0.15, 0.2) is 9.59 Å². The molecule has 1 atom stereocenters. The van der Waals surface area contributed by atoms with Crippen molar-refractivity contribution in [3.8, 4) is 0 Å². The lowest BCUT2D eigenvalue weighted by Gasteiger charge is -2.32. The molecule has 1 fully saturated rings. The van der Waals surface area contributed by atoms with E-state index < -0.39 is 11.1 Å². The molecule has 1 aliphatic rings. The number of nitrogens with zero attached hydrogens (tertiary/aromatic N) is 2. The van der Waals surface area contributed by atoms with Crippen LogP contribution < -0.4 is 21.8 Å². The molecule has 176 valence electrons. The lowest BCUT2D eigenvalue weighted by atomic mass is 10.1. The summed E-state index contributed by atoms with van der Waals surface area (Å²) in [5.41, 5.74) is 0.811. The van der Waals surface area contributed by atoms with Crippen LogP contribution in [-0.4, -0.2) is 70.4 Å². The van der Waals surface area contributed by atoms with E-state index in [0.29, 0.717) is 12.3 Å². The molecule has 0 aromatic carbocycles. The van der Waals surface area contributed by atoms with Crippen molar-refractivity contribution in [2.75, 3.05) is 39.5 Å². The molecule has 2 aromatic heterocycles. The highest BCUT2D eigenvalue weighted by atomic mass is 16.5. The standard InChI is InChI=1S/C23H35N5O4/c1-5-10-31-14-17-13-28(9-11-32-17)8-6-7-20-25-18(21(27-20)15(2)3)12-19-23(30)24-16(4)22(29)26-19/h12,15,17H,4-11,13-14H2,1-3H3,(H,24,30)(H,25,27)(H,26,29). The van der Waals surface area contributed by atoms with Crippen LogP contribution in [0.5, 0.6) is 0 Å². The molecule has 3 N–H and O–H groups in total. The van der Waals surface area contributed by atoms with Gasteiger partial charge in [-0.25, -0.2) is 4.98 Å². The van der Waals surface area contributed by atoms with Crippen LogP contribution in [0.4, 0.5) is 0 Å². The molecule has 2 aromatic rings. The third-order valence-corrected chi connectivity index (χ3v) is 5.46. The molecular weight excluding hydrogens is 410 g/mol. The van der Waals surface area contributed by atoms with Crippen molar-refractivity contribution in [3.63, 3.8) is 0 Å². The van der Waals surface area contributed by atoms with Gasteiger partial charge in [0, 0.05) is 31.8 Å². The first-order valence-corrected chi connectivity index (χ1v) is 11.4. The van der Waals surface area contributed by atoms with Crippen molar-refractivity contribution in [2.24, 2.45) is 0 Å². The van der Waals surface area contributed by atoms with Crippen LogP contribution in [0.3, 0.4) is 0 Å². The fourth-order valence-corrected chi connectivity index (χ4v) is 3.79. The topological polar surface area (TPSA) is 116 Å². The van der Waals surface area contributed by atoms with Crippen molar-refractivity contribution in [1.82, 2.24) is 24.8 Å². The smallest absolute Gasteiger partial charge is 0.272 e. The van der Waals surface area contributed by atoms with E-state index in [1.165, 1.54) is 0 Å². The lowest BCUT2D eigenvalue weighted by molar-refractivity contribution is -0.0690. The summed E-state index contributed by atoms with van der Waals surface area (Å²) in [5, 5.41) is 0.216. The van der Waals surface area contributed by atoms with Crippen molar-refractivity contribution in [3.05, 3.63) is 48.6 Å². The van der Waals surface area contributed by atoms with Gasteiger partial charge >= 0.3 is 0 Å². The predicted molar refractivity (Wildman–Crippen MR) is 124 cm³/mol. The molecule has 0 aliphatic carbocycles. The fourth-order valence-electron chi connectivity index (χ4n) is 3.79. The van der Waals surface area contributed by atoms with E-state index in [4.69, 9.17) is 14.5 Å². The second-order valence-electron chi connectivity index (χ2n) is 8.55. The maximum atomic E-state index is 12.2. The Morgan fingerprint density at radius 1 is 1.28 bits per heavy atom. The molecule has 0 saturated carbocycles. The average Bonchev–Trinajstić information content (AvgIpc) is 3.15. The highest BCUT2D eigenvalue weighted by Gasteiger charge is 2.20. The lowest BCUT2D eigenvalue weighted by Crippen LogP contribution is -2.46. The van der Waals surface area contributed by atoms with E-state index in [2.05, 4.69) is 47.2 Å². The number of aryl methyl sites for hydroxylation is 1. The number of aromatic amines is 3. The quantitative estimate of drug-likeness (QED) is 0.450. The second-order valence-corrected chi connectivity index (χ2v) is 8.55. The Balaban J connectivity index is 1.64. The first-order chi connectivity index (χ1) is 15.4. The Morgan fingerprint density at radius 3 is 2.84 bits per heavy atom. The van der Waals surface area contributed by atoms with Gasteiger partial charge in [-0.15, -0.1) is 0 Å². The van der Waals surface area contributed by atoms with Gasteiger partial charge < -0.3 is 24.4 Å². The molecule has 0 spiro atoms. The largest absolute Gasteiger partial charge is 0.379 e. The summed E-state index contributed by atoms with van der Waals surface area (Å²) >= 11 is 0. The zero-order valence-corrected chi connectivity index (χ0v) is 19.3. The Labute approximate surface area is 187 Å². The molecule has 3 rings (SSSR count). The van der Waals surface area contributed by atoms with Gasteiger partial charge in [-0.3, -0.25) is 14.5 Å². The van der Waals surface area contributed by atoms with Crippen molar-refractivity contribution >= 4 is 12.7 Å². The molecule has 3 heterocycles. The van der Waals surface area contributed by atoms with Gasteiger partial charge in [-0.05, 0) is 31.4 Å². The zero-order valence-electron chi connectivity index (χ0n) is 19.3. The van der Waals surface area contributed by atoms with Gasteiger partial charge in [-0.1, -0.05) is 27.4 Å². The molecular formula is C23H35N5O4. The summed E-state index contributed by atoms with van der Waals surface area (Å²) in [6, 6.07) is 0. The minimum Gasteiger partial charge on any atom is -0.379 e. The van der Waals surface area contributed by atoms with Gasteiger partial charge in [0.1, 0.15) is 11.2 Å². The molecule has 1 unspecified atom stereocenters. The highest BCUT2D eigenvalue weighted by Crippen LogP contribution is 2.18. The molecule has 9 heteroatoms. The zero-order chi connectivity index (χ0) is 23.1. The summed E-state index contributed by atoms with van der Waals surface area (Å²) in [6.45, 7) is 14.7. The monoisotopic (exact) mass is 445 g/mol. The number of H-pyrrole nitrogens is 3. The molecule has 0 bridgehead atoms. The van der Waals surface area contributed by atoms with Gasteiger partial charge in [0.05, 0.1) is 30.4 Å². The highest BCUT2D eigenvalue weighted by molar-refractivity contribution is 5.47. The number of aromatic nitrogens is 4. The van der Waals surface area contributed by atoms with E-state index >= 15 is 0 Å². The SMILES string of the molecule is C=c1[nH]c(=O)c(=Cc2nc(CCCN3CCOC(COCCC)C3)[nH]c2C(C)C)[nH]c1=O. The van der Waals surface area contributed by atoms with Crippen molar-refractivity contribution in [2.45, 2.75) is 52.1 Å². The van der Waals surface area contributed by atoms with Crippen LogP contribution in [0.2, 0.25) is 0 Å². The van der Waals surface area contributed by atoms with Gasteiger partial charge in [-0.2, -0.15) is 0 Å². The average molecular weight is 446 g/mol. The predicted octanol–water partition coefficient (Wildman–Crippen LogP) is 0.209. The minimum absolute atomic E-state index is 0.0428.